The maximum atomic E-state index is 11.1. The van der Waals surface area contributed by atoms with E-state index in [-0.39, 0.29) is 11.3 Å². The van der Waals surface area contributed by atoms with Gasteiger partial charge in [0, 0.05) is 12.1 Å². The summed E-state index contributed by atoms with van der Waals surface area (Å²) < 4.78 is 8.36. The van der Waals surface area contributed by atoms with Gasteiger partial charge in [0.25, 0.3) is 0 Å². The molecule has 2 aliphatic rings. The Morgan fingerprint density at radius 1 is 1.46 bits per heavy atom. The molecule has 2 atom stereocenters. The number of aldehydes is 1. The standard InChI is InChI=1S/C18H24N2O3Si/c1-13-7-8-15(10-19-13)24-20-9-3-4-14(20)12-23-18-6-2-5-17(22)16(18)11-21/h2,5-6,10-11,13-14,19,22H,3-4,7-9,12H2,1H3/t13-,14+/m1/s1. The van der Waals surface area contributed by atoms with Gasteiger partial charge in [-0.25, -0.2) is 0 Å². The number of nitrogens with zero attached hydrogens (tertiary/aromatic N) is 1. The average molecular weight is 344 g/mol. The van der Waals surface area contributed by atoms with Crippen LogP contribution in [0.2, 0.25) is 0 Å². The molecule has 2 heterocycles. The fraction of sp³-hybridized carbons (Fsp3) is 0.500. The molecule has 2 aliphatic heterocycles. The molecule has 3 rings (SSSR count). The van der Waals surface area contributed by atoms with Gasteiger partial charge in [-0.2, -0.15) is 0 Å². The van der Waals surface area contributed by atoms with Gasteiger partial charge in [-0.3, -0.25) is 4.79 Å². The lowest BCUT2D eigenvalue weighted by Gasteiger charge is -2.27. The third-order valence-corrected chi connectivity index (χ3v) is 6.20. The number of ether oxygens (including phenoxy) is 1. The van der Waals surface area contributed by atoms with Crippen LogP contribution >= 0.6 is 0 Å². The van der Waals surface area contributed by atoms with Crippen LogP contribution in [-0.4, -0.2) is 50.9 Å². The third kappa shape index (κ3) is 3.99. The number of hydrogen-bond acceptors (Lipinski definition) is 5. The summed E-state index contributed by atoms with van der Waals surface area (Å²) in [6.45, 7) is 3.86. The zero-order valence-electron chi connectivity index (χ0n) is 14.0. The summed E-state index contributed by atoms with van der Waals surface area (Å²) >= 11 is 0. The minimum atomic E-state index is -0.0276. The molecule has 5 nitrogen and oxygen atoms in total. The molecule has 24 heavy (non-hydrogen) atoms. The van der Waals surface area contributed by atoms with E-state index in [2.05, 4.69) is 23.0 Å². The first-order valence-corrected chi connectivity index (χ1v) is 9.50. The second-order valence-corrected chi connectivity index (χ2v) is 7.94. The van der Waals surface area contributed by atoms with Crippen molar-refractivity contribution in [3.8, 4) is 11.5 Å². The van der Waals surface area contributed by atoms with Crippen LogP contribution in [0.1, 0.15) is 43.0 Å². The van der Waals surface area contributed by atoms with Gasteiger partial charge in [0.05, 0.1) is 5.56 Å². The molecule has 0 amide bonds. The molecule has 0 unspecified atom stereocenters. The number of benzene rings is 1. The van der Waals surface area contributed by atoms with Crippen LogP contribution in [0.3, 0.4) is 0 Å². The van der Waals surface area contributed by atoms with E-state index in [4.69, 9.17) is 4.74 Å². The van der Waals surface area contributed by atoms with E-state index in [1.54, 1.807) is 12.1 Å². The van der Waals surface area contributed by atoms with Crippen molar-refractivity contribution < 1.29 is 14.6 Å². The number of phenols is 1. The molecule has 0 bridgehead atoms. The molecule has 0 aromatic heterocycles. The predicted octanol–water partition coefficient (Wildman–Crippen LogP) is 2.28. The molecule has 1 fully saturated rings. The van der Waals surface area contributed by atoms with Crippen LogP contribution in [0.25, 0.3) is 0 Å². The van der Waals surface area contributed by atoms with Crippen LogP contribution in [0.4, 0.5) is 0 Å². The van der Waals surface area contributed by atoms with Crippen molar-refractivity contribution in [1.82, 2.24) is 9.88 Å². The van der Waals surface area contributed by atoms with Crippen molar-refractivity contribution >= 4 is 16.0 Å². The second-order valence-electron chi connectivity index (χ2n) is 6.50. The first kappa shape index (κ1) is 17.0. The van der Waals surface area contributed by atoms with Gasteiger partial charge in [0.2, 0.25) is 0 Å². The lowest BCUT2D eigenvalue weighted by Crippen LogP contribution is -2.39. The second kappa shape index (κ2) is 7.85. The van der Waals surface area contributed by atoms with Gasteiger partial charge in [-0.05, 0) is 57.5 Å². The van der Waals surface area contributed by atoms with Crippen molar-refractivity contribution in [2.45, 2.75) is 44.7 Å². The van der Waals surface area contributed by atoms with Crippen LogP contribution in [0.5, 0.6) is 11.5 Å². The topological polar surface area (TPSA) is 61.8 Å². The third-order valence-electron chi connectivity index (χ3n) is 4.65. The predicted molar refractivity (Wildman–Crippen MR) is 94.4 cm³/mol. The molecule has 0 spiro atoms. The number of carbonyl (C=O) groups is 1. The Bertz CT molecular complexity index is 620. The van der Waals surface area contributed by atoms with E-state index in [0.717, 1.165) is 13.0 Å². The fourth-order valence-corrected chi connectivity index (χ4v) is 4.59. The van der Waals surface area contributed by atoms with Gasteiger partial charge in [0.1, 0.15) is 18.1 Å². The molecule has 1 saturated heterocycles. The van der Waals surface area contributed by atoms with Crippen LogP contribution in [0.15, 0.2) is 29.6 Å². The molecule has 0 aliphatic carbocycles. The maximum absolute atomic E-state index is 11.1. The Labute approximate surface area is 145 Å². The van der Waals surface area contributed by atoms with Crippen LogP contribution < -0.4 is 10.1 Å². The number of nitrogens with one attached hydrogen (secondary N) is 1. The van der Waals surface area contributed by atoms with Crippen molar-refractivity contribution in [1.29, 1.82) is 0 Å². The van der Waals surface area contributed by atoms with E-state index >= 15 is 0 Å². The maximum Gasteiger partial charge on any atom is 0.180 e. The summed E-state index contributed by atoms with van der Waals surface area (Å²) in [5.41, 5.74) is 0.234. The minimum Gasteiger partial charge on any atom is -0.507 e. The molecular formula is C18H24N2O3Si. The number of phenolic OH excluding ortho intramolecular Hbond substituents is 1. The zero-order valence-corrected chi connectivity index (χ0v) is 15.0. The van der Waals surface area contributed by atoms with Crippen molar-refractivity contribution in [3.63, 3.8) is 0 Å². The monoisotopic (exact) mass is 344 g/mol. The molecular weight excluding hydrogens is 320 g/mol. The first-order chi connectivity index (χ1) is 11.7. The number of carbonyl (C=O) groups excluding carboxylic acids is 1. The van der Waals surface area contributed by atoms with E-state index in [1.807, 2.05) is 0 Å². The highest BCUT2D eigenvalue weighted by atomic mass is 28.2. The van der Waals surface area contributed by atoms with Crippen LogP contribution in [-0.2, 0) is 0 Å². The molecule has 2 radical (unpaired) electrons. The lowest BCUT2D eigenvalue weighted by molar-refractivity contribution is 0.111. The Morgan fingerprint density at radius 3 is 3.08 bits per heavy atom. The fourth-order valence-electron chi connectivity index (χ4n) is 3.16. The quantitative estimate of drug-likeness (QED) is 0.612. The van der Waals surface area contributed by atoms with E-state index in [0.29, 0.717) is 40.4 Å². The summed E-state index contributed by atoms with van der Waals surface area (Å²) in [6, 6.07) is 5.88. The molecule has 2 N–H and O–H groups in total. The number of allylic oxidation sites excluding steroid dienone is 1. The van der Waals surface area contributed by atoms with Gasteiger partial charge in [-0.15, -0.1) is 0 Å². The SMILES string of the molecule is C[C@@H]1CCC([Si]N2CCC[C@H]2COc2cccc(O)c2C=O)=CN1. The highest BCUT2D eigenvalue weighted by Crippen LogP contribution is 2.27. The van der Waals surface area contributed by atoms with E-state index in [9.17, 15) is 9.90 Å². The summed E-state index contributed by atoms with van der Waals surface area (Å²) in [6.07, 6.45) is 7.48. The van der Waals surface area contributed by atoms with Crippen LogP contribution in [0, 0.1) is 0 Å². The molecule has 6 heteroatoms. The number of hydrogen-bond donors (Lipinski definition) is 2. The minimum absolute atomic E-state index is 0.0276. The molecule has 0 saturated carbocycles. The van der Waals surface area contributed by atoms with Crippen molar-refractivity contribution in [2.75, 3.05) is 13.2 Å². The Morgan fingerprint density at radius 2 is 2.33 bits per heavy atom. The highest BCUT2D eigenvalue weighted by Gasteiger charge is 2.27. The smallest absolute Gasteiger partial charge is 0.180 e. The number of aromatic hydroxyl groups is 1. The molecule has 1 aromatic carbocycles. The summed E-state index contributed by atoms with van der Waals surface area (Å²) in [7, 11) is 0.701. The van der Waals surface area contributed by atoms with Gasteiger partial charge < -0.3 is 19.7 Å². The Hall–Kier alpha value is -1.79. The Balaban J connectivity index is 1.58. The summed E-state index contributed by atoms with van der Waals surface area (Å²) in [4.78, 5) is 11.1. The summed E-state index contributed by atoms with van der Waals surface area (Å²) in [5.74, 6) is 0.438. The molecule has 1 aromatic rings. The summed E-state index contributed by atoms with van der Waals surface area (Å²) in [5, 5.41) is 14.6. The lowest BCUT2D eigenvalue weighted by atomic mass is 10.1. The zero-order chi connectivity index (χ0) is 16.9. The van der Waals surface area contributed by atoms with E-state index < -0.39 is 0 Å². The van der Waals surface area contributed by atoms with Crippen molar-refractivity contribution in [3.05, 3.63) is 35.2 Å². The number of rotatable bonds is 6. The average Bonchev–Trinajstić information content (AvgIpc) is 3.02. The van der Waals surface area contributed by atoms with Gasteiger partial charge in [0.15, 0.2) is 16.0 Å². The highest BCUT2D eigenvalue weighted by molar-refractivity contribution is 6.42. The first-order valence-electron chi connectivity index (χ1n) is 8.55. The van der Waals surface area contributed by atoms with E-state index in [1.165, 1.54) is 30.5 Å². The largest absolute Gasteiger partial charge is 0.507 e. The molecule has 128 valence electrons. The normalized spacial score (nSPS) is 24.3. The van der Waals surface area contributed by atoms with Gasteiger partial charge in [-0.1, -0.05) is 11.3 Å². The van der Waals surface area contributed by atoms with Gasteiger partial charge >= 0.3 is 0 Å². The Kier molecular flexibility index (Phi) is 5.58. The van der Waals surface area contributed by atoms with Crippen molar-refractivity contribution in [2.24, 2.45) is 0 Å².